The maximum atomic E-state index is 16.5. The van der Waals surface area contributed by atoms with Gasteiger partial charge in [-0.1, -0.05) is 25.1 Å². The van der Waals surface area contributed by atoms with Gasteiger partial charge in [-0.2, -0.15) is 4.90 Å². The van der Waals surface area contributed by atoms with Crippen LogP contribution in [0.1, 0.15) is 101 Å². The number of anilines is 3. The standard InChI is InChI=1S/C44H51F2N5O7/c1-24-16-28-12-13-32(24)25(2)23-56-40(53)49-31-19-29(33(34(45)20-31)17-26-10-11-26)22-50(9)39(52)37(28)48-30-18-27-14-15-47-38(36(27)35(46)21-30)51(41(54)57-43(3,4)5)42(55)58-44(6,7)8/h12-16,18-21,25-26,37,48H,10-11,17,22-23H2,1-9H3,(H,49,53)/t25-,37+/m0/s1. The lowest BCUT2D eigenvalue weighted by molar-refractivity contribution is -0.131. The van der Waals surface area contributed by atoms with E-state index in [-0.39, 0.29) is 52.9 Å². The van der Waals surface area contributed by atoms with E-state index in [2.05, 4.69) is 15.6 Å². The molecule has 3 aromatic carbocycles. The molecule has 1 aromatic heterocycles. The maximum absolute atomic E-state index is 16.5. The number of likely N-dealkylation sites (N-methyl/N-ethyl adjacent to an activating group) is 1. The molecule has 0 spiro atoms. The van der Waals surface area contributed by atoms with Gasteiger partial charge >= 0.3 is 18.3 Å². The second-order valence-electron chi connectivity index (χ2n) is 17.2. The first-order chi connectivity index (χ1) is 27.2. The molecule has 1 aliphatic carbocycles. The van der Waals surface area contributed by atoms with Crippen LogP contribution in [0.5, 0.6) is 0 Å². The third kappa shape index (κ3) is 9.83. The number of amides is 4. The normalized spacial score (nSPS) is 17.7. The van der Waals surface area contributed by atoms with Crippen molar-refractivity contribution in [3.63, 3.8) is 0 Å². The number of hydrogen-bond acceptors (Lipinski definition) is 9. The Hall–Kier alpha value is -5.79. The van der Waals surface area contributed by atoms with E-state index in [1.54, 1.807) is 66.8 Å². The summed E-state index contributed by atoms with van der Waals surface area (Å²) in [4.78, 5) is 60.7. The molecule has 2 atom stereocenters. The van der Waals surface area contributed by atoms with Crippen LogP contribution in [-0.4, -0.2) is 58.9 Å². The summed E-state index contributed by atoms with van der Waals surface area (Å²) < 4.78 is 48.8. The fourth-order valence-electron chi connectivity index (χ4n) is 6.99. The third-order valence-electron chi connectivity index (χ3n) is 9.85. The van der Waals surface area contributed by atoms with Crippen LogP contribution in [0.25, 0.3) is 10.8 Å². The van der Waals surface area contributed by atoms with E-state index in [4.69, 9.17) is 14.2 Å². The van der Waals surface area contributed by atoms with Crippen molar-refractivity contribution in [3.8, 4) is 0 Å². The van der Waals surface area contributed by atoms with E-state index in [0.717, 1.165) is 30.0 Å². The Kier molecular flexibility index (Phi) is 11.7. The lowest BCUT2D eigenvalue weighted by Crippen LogP contribution is -2.44. The number of pyridine rings is 1. The summed E-state index contributed by atoms with van der Waals surface area (Å²) in [6.07, 6.45) is 0.885. The fourth-order valence-corrected chi connectivity index (χ4v) is 6.99. The van der Waals surface area contributed by atoms with E-state index in [9.17, 15) is 19.2 Å². The molecule has 0 radical (unpaired) electrons. The number of nitrogens with one attached hydrogen (secondary N) is 2. The van der Waals surface area contributed by atoms with Gasteiger partial charge < -0.3 is 24.4 Å². The monoisotopic (exact) mass is 799 g/mol. The van der Waals surface area contributed by atoms with Crippen molar-refractivity contribution in [2.45, 2.75) is 104 Å². The van der Waals surface area contributed by atoms with Gasteiger partial charge in [0.2, 0.25) is 5.91 Å². The highest BCUT2D eigenvalue weighted by Crippen LogP contribution is 2.37. The number of hydrogen-bond donors (Lipinski definition) is 2. The Bertz CT molecular complexity index is 2240. The highest BCUT2D eigenvalue weighted by Gasteiger charge is 2.36. The number of fused-ring (bicyclic) bond motifs is 10. The summed E-state index contributed by atoms with van der Waals surface area (Å²) in [5.41, 5.74) is 1.75. The first-order valence-corrected chi connectivity index (χ1v) is 19.4. The van der Waals surface area contributed by atoms with Gasteiger partial charge in [0, 0.05) is 37.1 Å². The Labute approximate surface area is 337 Å². The molecule has 1 fully saturated rings. The zero-order valence-electron chi connectivity index (χ0n) is 34.4. The Morgan fingerprint density at radius 3 is 2.26 bits per heavy atom. The average Bonchev–Trinajstić information content (AvgIpc) is 3.93. The lowest BCUT2D eigenvalue weighted by Gasteiger charge is -2.29. The molecule has 14 heteroatoms. The predicted octanol–water partition coefficient (Wildman–Crippen LogP) is 9.93. The summed E-state index contributed by atoms with van der Waals surface area (Å²) >= 11 is 0. The van der Waals surface area contributed by atoms with Gasteiger partial charge in [0.05, 0.1) is 12.0 Å². The molecule has 4 bridgehead atoms. The van der Waals surface area contributed by atoms with Crippen LogP contribution >= 0.6 is 0 Å². The molecular weight excluding hydrogens is 749 g/mol. The van der Waals surface area contributed by atoms with Gasteiger partial charge in [-0.05, 0) is 137 Å². The van der Waals surface area contributed by atoms with Gasteiger partial charge in [-0.3, -0.25) is 10.1 Å². The largest absolute Gasteiger partial charge is 0.449 e. The molecule has 0 unspecified atom stereocenters. The van der Waals surface area contributed by atoms with Crippen LogP contribution in [0, 0.1) is 24.5 Å². The molecule has 12 nitrogen and oxygen atoms in total. The van der Waals surface area contributed by atoms with Gasteiger partial charge in [-0.25, -0.2) is 28.1 Å². The van der Waals surface area contributed by atoms with E-state index in [0.29, 0.717) is 33.9 Å². The minimum atomic E-state index is -1.10. The minimum Gasteiger partial charge on any atom is -0.449 e. The molecular formula is C44H51F2N5O7. The van der Waals surface area contributed by atoms with Crippen molar-refractivity contribution in [1.29, 1.82) is 0 Å². The molecule has 308 valence electrons. The summed E-state index contributed by atoms with van der Waals surface area (Å²) in [6.45, 7) is 13.7. The maximum Gasteiger partial charge on any atom is 0.425 e. The summed E-state index contributed by atoms with van der Waals surface area (Å²) in [5, 5.41) is 6.00. The second kappa shape index (κ2) is 16.2. The molecule has 1 saturated carbocycles. The quantitative estimate of drug-likeness (QED) is 0.189. The van der Waals surface area contributed by atoms with Crippen molar-refractivity contribution < 1.29 is 42.2 Å². The molecule has 2 aliphatic heterocycles. The molecule has 4 amide bonds. The van der Waals surface area contributed by atoms with Crippen LogP contribution in [0.15, 0.2) is 54.7 Å². The number of halogens is 2. The number of nitrogens with zero attached hydrogens (tertiary/aromatic N) is 3. The number of rotatable bonds is 5. The topological polar surface area (TPSA) is 139 Å². The van der Waals surface area contributed by atoms with E-state index >= 15 is 8.78 Å². The summed E-state index contributed by atoms with van der Waals surface area (Å²) in [6, 6.07) is 11.7. The lowest BCUT2D eigenvalue weighted by atomic mass is 9.92. The summed E-state index contributed by atoms with van der Waals surface area (Å²) in [7, 11) is 1.61. The van der Waals surface area contributed by atoms with Gasteiger partial charge in [0.1, 0.15) is 28.9 Å². The van der Waals surface area contributed by atoms with Crippen LogP contribution in [-0.2, 0) is 32.0 Å². The summed E-state index contributed by atoms with van der Waals surface area (Å²) in [5.74, 6) is -1.92. The van der Waals surface area contributed by atoms with Crippen molar-refractivity contribution in [2.75, 3.05) is 29.2 Å². The highest BCUT2D eigenvalue weighted by atomic mass is 19.1. The zero-order chi connectivity index (χ0) is 42.3. The predicted molar refractivity (Wildman–Crippen MR) is 217 cm³/mol. The van der Waals surface area contributed by atoms with Gasteiger partial charge in [0.25, 0.3) is 0 Å². The number of benzene rings is 3. The smallest absolute Gasteiger partial charge is 0.425 e. The molecule has 7 rings (SSSR count). The Morgan fingerprint density at radius 1 is 0.966 bits per heavy atom. The molecule has 3 heterocycles. The van der Waals surface area contributed by atoms with E-state index < -0.39 is 47.2 Å². The number of imide groups is 1. The van der Waals surface area contributed by atoms with Crippen molar-refractivity contribution in [1.82, 2.24) is 9.88 Å². The van der Waals surface area contributed by atoms with E-state index in [1.165, 1.54) is 23.2 Å². The second-order valence-corrected chi connectivity index (χ2v) is 17.2. The van der Waals surface area contributed by atoms with Crippen LogP contribution in [0.3, 0.4) is 0 Å². The van der Waals surface area contributed by atoms with Crippen LogP contribution in [0.4, 0.5) is 40.4 Å². The molecule has 2 N–H and O–H groups in total. The number of aromatic nitrogens is 1. The molecule has 0 saturated heterocycles. The van der Waals surface area contributed by atoms with Gasteiger partial charge in [-0.15, -0.1) is 0 Å². The number of aryl methyl sites for hydroxylation is 1. The fraction of sp³-hybridized carbons (Fsp3) is 0.432. The average molecular weight is 800 g/mol. The zero-order valence-corrected chi connectivity index (χ0v) is 34.4. The van der Waals surface area contributed by atoms with Crippen molar-refractivity contribution in [2.24, 2.45) is 5.92 Å². The van der Waals surface area contributed by atoms with Gasteiger partial charge in [0.15, 0.2) is 5.82 Å². The first-order valence-electron chi connectivity index (χ1n) is 19.4. The SMILES string of the molecule is Cc1cc2ccc1[C@@H](C)COC(=O)Nc1cc(F)c(CC3CC3)c(c1)CN(C)C(=O)[C@@H]2Nc1cc(F)c2c(N(C(=O)OC(C)(C)C)C(=O)OC(C)(C)C)nccc2c1. The molecule has 58 heavy (non-hydrogen) atoms. The van der Waals surface area contributed by atoms with E-state index in [1.807, 2.05) is 26.0 Å². The first kappa shape index (κ1) is 41.8. The number of ether oxygens (including phenoxy) is 3. The van der Waals surface area contributed by atoms with Crippen LogP contribution < -0.4 is 15.5 Å². The minimum absolute atomic E-state index is 0.0148. The van der Waals surface area contributed by atoms with Crippen LogP contribution in [0.2, 0.25) is 0 Å². The Morgan fingerprint density at radius 2 is 1.64 bits per heavy atom. The van der Waals surface area contributed by atoms with Crippen molar-refractivity contribution in [3.05, 3.63) is 94.2 Å². The number of carbonyl (C=O) groups excluding carboxylic acids is 4. The third-order valence-corrected chi connectivity index (χ3v) is 9.85. The molecule has 4 aromatic rings. The number of carbonyl (C=O) groups is 4. The molecule has 3 aliphatic rings. The Balaban J connectivity index is 1.42. The van der Waals surface area contributed by atoms with Crippen molar-refractivity contribution >= 4 is 52.2 Å². The highest BCUT2D eigenvalue weighted by molar-refractivity contribution is 6.14.